The SMILES string of the molecule is COc1ccc(N(C(C)C(=O)N/N=C/c2cccs2)S(C)(=O)=O)cc1. The first-order valence-corrected chi connectivity index (χ1v) is 10.1. The van der Waals surface area contributed by atoms with E-state index in [0.29, 0.717) is 11.4 Å². The highest BCUT2D eigenvalue weighted by Gasteiger charge is 2.29. The number of anilines is 1. The minimum absolute atomic E-state index is 0.369. The Hall–Kier alpha value is -2.39. The molecule has 0 saturated carbocycles. The van der Waals surface area contributed by atoms with E-state index in [4.69, 9.17) is 4.74 Å². The van der Waals surface area contributed by atoms with Gasteiger partial charge in [-0.25, -0.2) is 13.8 Å². The number of thiophene rings is 1. The molecule has 1 heterocycles. The molecule has 1 N–H and O–H groups in total. The molecule has 9 heteroatoms. The Morgan fingerprint density at radius 1 is 1.32 bits per heavy atom. The van der Waals surface area contributed by atoms with Crippen molar-refractivity contribution in [3.05, 3.63) is 46.7 Å². The number of benzene rings is 1. The summed E-state index contributed by atoms with van der Waals surface area (Å²) in [6.45, 7) is 1.50. The number of sulfonamides is 1. The Labute approximate surface area is 151 Å². The van der Waals surface area contributed by atoms with Crippen LogP contribution < -0.4 is 14.5 Å². The minimum atomic E-state index is -3.67. The number of amides is 1. The van der Waals surface area contributed by atoms with Gasteiger partial charge in [0.15, 0.2) is 0 Å². The van der Waals surface area contributed by atoms with Gasteiger partial charge in [0.25, 0.3) is 5.91 Å². The van der Waals surface area contributed by atoms with E-state index in [0.717, 1.165) is 15.4 Å². The van der Waals surface area contributed by atoms with E-state index >= 15 is 0 Å². The van der Waals surface area contributed by atoms with Crippen molar-refractivity contribution in [2.75, 3.05) is 17.7 Å². The van der Waals surface area contributed by atoms with Crippen LogP contribution >= 0.6 is 11.3 Å². The quantitative estimate of drug-likeness (QED) is 0.587. The zero-order valence-electron chi connectivity index (χ0n) is 14.0. The van der Waals surface area contributed by atoms with Gasteiger partial charge in [-0.05, 0) is 42.6 Å². The fourth-order valence-corrected chi connectivity index (χ4v) is 3.92. The summed E-state index contributed by atoms with van der Waals surface area (Å²) in [7, 11) is -2.15. The van der Waals surface area contributed by atoms with Gasteiger partial charge in [0.1, 0.15) is 11.8 Å². The lowest BCUT2D eigenvalue weighted by atomic mass is 10.2. The Morgan fingerprint density at radius 3 is 2.52 bits per heavy atom. The Bertz CT molecular complexity index is 831. The van der Waals surface area contributed by atoms with Gasteiger partial charge in [-0.15, -0.1) is 11.3 Å². The van der Waals surface area contributed by atoms with Crippen LogP contribution in [0.25, 0.3) is 0 Å². The molecule has 0 fully saturated rings. The van der Waals surface area contributed by atoms with Crippen molar-refractivity contribution < 1.29 is 17.9 Å². The molecule has 0 radical (unpaired) electrons. The number of hydrogen-bond acceptors (Lipinski definition) is 6. The Kier molecular flexibility index (Phi) is 6.16. The van der Waals surface area contributed by atoms with Gasteiger partial charge in [0.05, 0.1) is 25.3 Å². The van der Waals surface area contributed by atoms with Crippen molar-refractivity contribution in [1.82, 2.24) is 5.43 Å². The molecule has 0 aliphatic rings. The molecule has 2 rings (SSSR count). The lowest BCUT2D eigenvalue weighted by Crippen LogP contribution is -2.46. The number of methoxy groups -OCH3 is 1. The molecule has 2 aromatic rings. The molecule has 1 aromatic carbocycles. The maximum absolute atomic E-state index is 12.3. The Morgan fingerprint density at radius 2 is 2.00 bits per heavy atom. The molecule has 0 aliphatic heterocycles. The van der Waals surface area contributed by atoms with E-state index in [2.05, 4.69) is 10.5 Å². The van der Waals surface area contributed by atoms with Crippen LogP contribution in [0.15, 0.2) is 46.9 Å². The highest BCUT2D eigenvalue weighted by Crippen LogP contribution is 2.23. The predicted octanol–water partition coefficient (Wildman–Crippen LogP) is 2.06. The number of nitrogens with zero attached hydrogens (tertiary/aromatic N) is 2. The number of rotatable bonds is 7. The van der Waals surface area contributed by atoms with Crippen LogP contribution in [-0.2, 0) is 14.8 Å². The van der Waals surface area contributed by atoms with E-state index < -0.39 is 22.0 Å². The van der Waals surface area contributed by atoms with Crippen LogP contribution in [0, 0.1) is 0 Å². The standard InChI is InChI=1S/C16H19N3O4S2/c1-12(16(20)18-17-11-15-5-4-10-24-15)19(25(3,21)22)13-6-8-14(23-2)9-7-13/h4-12H,1-3H3,(H,18,20)/b17-11+. The summed E-state index contributed by atoms with van der Waals surface area (Å²) >= 11 is 1.48. The number of carbonyl (C=O) groups excluding carboxylic acids is 1. The zero-order valence-corrected chi connectivity index (χ0v) is 15.7. The van der Waals surface area contributed by atoms with Gasteiger partial charge >= 0.3 is 0 Å². The smallest absolute Gasteiger partial charge is 0.263 e. The van der Waals surface area contributed by atoms with Crippen LogP contribution in [-0.4, -0.2) is 39.9 Å². The molecular formula is C16H19N3O4S2. The summed E-state index contributed by atoms with van der Waals surface area (Å²) in [5.41, 5.74) is 2.74. The second kappa shape index (κ2) is 8.13. The van der Waals surface area contributed by atoms with Crippen LogP contribution in [0.4, 0.5) is 5.69 Å². The maximum Gasteiger partial charge on any atom is 0.263 e. The molecule has 0 saturated heterocycles. The van der Waals surface area contributed by atoms with Crippen molar-refractivity contribution in [1.29, 1.82) is 0 Å². The fraction of sp³-hybridized carbons (Fsp3) is 0.250. The summed E-state index contributed by atoms with van der Waals surface area (Å²) in [6.07, 6.45) is 2.56. The summed E-state index contributed by atoms with van der Waals surface area (Å²) < 4.78 is 30.5. The summed E-state index contributed by atoms with van der Waals surface area (Å²) in [5.74, 6) is 0.0592. The number of nitrogens with one attached hydrogen (secondary N) is 1. The van der Waals surface area contributed by atoms with Crippen molar-refractivity contribution in [3.63, 3.8) is 0 Å². The third-order valence-corrected chi connectivity index (χ3v) is 5.37. The fourth-order valence-electron chi connectivity index (χ4n) is 2.16. The first-order valence-electron chi connectivity index (χ1n) is 7.33. The van der Waals surface area contributed by atoms with Gasteiger partial charge in [-0.2, -0.15) is 5.10 Å². The van der Waals surface area contributed by atoms with E-state index in [-0.39, 0.29) is 0 Å². The Balaban J connectivity index is 2.17. The monoisotopic (exact) mass is 381 g/mol. The first kappa shape index (κ1) is 18.9. The average Bonchev–Trinajstić information content (AvgIpc) is 3.07. The average molecular weight is 381 g/mol. The second-order valence-corrected chi connectivity index (χ2v) is 8.02. The van der Waals surface area contributed by atoms with Crippen molar-refractivity contribution in [3.8, 4) is 5.75 Å². The van der Waals surface area contributed by atoms with E-state index in [9.17, 15) is 13.2 Å². The highest BCUT2D eigenvalue weighted by atomic mass is 32.2. The lowest BCUT2D eigenvalue weighted by Gasteiger charge is -2.27. The number of hydrogen-bond donors (Lipinski definition) is 1. The molecule has 25 heavy (non-hydrogen) atoms. The summed E-state index contributed by atoms with van der Waals surface area (Å²) in [6, 6.07) is 9.18. The van der Waals surface area contributed by atoms with Gasteiger partial charge in [0, 0.05) is 4.88 Å². The third-order valence-electron chi connectivity index (χ3n) is 3.33. The van der Waals surface area contributed by atoms with Crippen molar-refractivity contribution in [2.24, 2.45) is 5.10 Å². The molecule has 134 valence electrons. The number of carbonyl (C=O) groups is 1. The molecule has 1 unspecified atom stereocenters. The maximum atomic E-state index is 12.3. The lowest BCUT2D eigenvalue weighted by molar-refractivity contribution is -0.121. The second-order valence-electron chi connectivity index (χ2n) is 5.18. The summed E-state index contributed by atoms with van der Waals surface area (Å²) in [4.78, 5) is 13.2. The van der Waals surface area contributed by atoms with Gasteiger partial charge in [-0.3, -0.25) is 9.10 Å². The van der Waals surface area contributed by atoms with Crippen LogP contribution in [0.5, 0.6) is 5.75 Å². The summed E-state index contributed by atoms with van der Waals surface area (Å²) in [5, 5.41) is 5.75. The van der Waals surface area contributed by atoms with Crippen LogP contribution in [0.2, 0.25) is 0 Å². The number of ether oxygens (including phenoxy) is 1. The predicted molar refractivity (Wildman–Crippen MR) is 99.8 cm³/mol. The molecule has 0 spiro atoms. The van der Waals surface area contributed by atoms with Crippen molar-refractivity contribution >= 4 is 39.2 Å². The highest BCUT2D eigenvalue weighted by molar-refractivity contribution is 7.92. The normalized spacial score (nSPS) is 12.8. The molecule has 1 amide bonds. The number of hydrazone groups is 1. The largest absolute Gasteiger partial charge is 0.497 e. The van der Waals surface area contributed by atoms with Gasteiger partial charge in [-0.1, -0.05) is 6.07 Å². The third kappa shape index (κ3) is 5.04. The molecule has 7 nitrogen and oxygen atoms in total. The molecule has 1 aromatic heterocycles. The van der Waals surface area contributed by atoms with Crippen LogP contribution in [0.3, 0.4) is 0 Å². The zero-order chi connectivity index (χ0) is 18.4. The molecule has 0 bridgehead atoms. The van der Waals surface area contributed by atoms with Crippen LogP contribution in [0.1, 0.15) is 11.8 Å². The minimum Gasteiger partial charge on any atom is -0.497 e. The van der Waals surface area contributed by atoms with Gasteiger partial charge < -0.3 is 4.74 Å². The molecule has 1 atom stereocenters. The van der Waals surface area contributed by atoms with E-state index in [1.165, 1.54) is 31.6 Å². The van der Waals surface area contributed by atoms with E-state index in [1.807, 2.05) is 17.5 Å². The molecular weight excluding hydrogens is 362 g/mol. The van der Waals surface area contributed by atoms with E-state index in [1.54, 1.807) is 24.3 Å². The van der Waals surface area contributed by atoms with Crippen molar-refractivity contribution in [2.45, 2.75) is 13.0 Å². The van der Waals surface area contributed by atoms with Gasteiger partial charge in [0.2, 0.25) is 10.0 Å². The first-order chi connectivity index (χ1) is 11.8. The topological polar surface area (TPSA) is 88.1 Å². The molecule has 0 aliphatic carbocycles.